The van der Waals surface area contributed by atoms with E-state index >= 15 is 0 Å². The molecule has 1 saturated heterocycles. The lowest BCUT2D eigenvalue weighted by atomic mass is 9.86. The summed E-state index contributed by atoms with van der Waals surface area (Å²) in [7, 11) is -2.05. The lowest BCUT2D eigenvalue weighted by molar-refractivity contribution is -0.384. The molecular weight excluding hydrogens is 545 g/mol. The van der Waals surface area contributed by atoms with Gasteiger partial charge in [0.1, 0.15) is 17.8 Å². The third-order valence-corrected chi connectivity index (χ3v) is 10.4. The van der Waals surface area contributed by atoms with E-state index in [1.807, 2.05) is 42.3 Å². The first-order chi connectivity index (χ1) is 19.1. The molecule has 41 heavy (non-hydrogen) atoms. The highest BCUT2D eigenvalue weighted by atomic mass is 31.2. The van der Waals surface area contributed by atoms with E-state index in [2.05, 4.69) is 5.32 Å². The summed E-state index contributed by atoms with van der Waals surface area (Å²) in [5.41, 5.74) is 0.753. The molecule has 220 valence electrons. The number of nitro benzene ring substituents is 1. The molecule has 2 aromatic carbocycles. The van der Waals surface area contributed by atoms with E-state index in [4.69, 9.17) is 13.8 Å². The Labute approximate surface area is 241 Å². The molecule has 2 aliphatic heterocycles. The second-order valence-corrected chi connectivity index (χ2v) is 13.4. The van der Waals surface area contributed by atoms with E-state index in [0.717, 1.165) is 5.56 Å². The van der Waals surface area contributed by atoms with E-state index < -0.39 is 35.6 Å². The van der Waals surface area contributed by atoms with Crippen molar-refractivity contribution in [3.63, 3.8) is 0 Å². The number of esters is 1. The van der Waals surface area contributed by atoms with E-state index in [1.54, 1.807) is 53.7 Å². The monoisotopic (exact) mass is 583 g/mol. The molecule has 10 nitrogen and oxygen atoms in total. The second-order valence-electron chi connectivity index (χ2n) is 11.5. The minimum Gasteiger partial charge on any atom is -0.461 e. The number of non-ortho nitro benzene ring substituents is 1. The third kappa shape index (κ3) is 6.31. The highest BCUT2D eigenvalue weighted by molar-refractivity contribution is 7.59. The standard InChI is InChI=1S/C30H38N3O7P/c1-20-25(28(34)38-17-16-32(7)19-22-12-9-8-10-13-22)26(23-14-11-15-24(18-23)33(35)36)27(21(2)31-20)41(37)39-29(3,4)30(5,6)40-41/h8-15,18,26,31H,16-17,19H2,1-7H3. The molecule has 0 saturated carbocycles. The smallest absolute Gasteiger partial charge is 0.361 e. The van der Waals surface area contributed by atoms with Gasteiger partial charge in [0.25, 0.3) is 5.69 Å². The Morgan fingerprint density at radius 3 is 2.29 bits per heavy atom. The molecule has 2 aliphatic rings. The van der Waals surface area contributed by atoms with Crippen LogP contribution >= 0.6 is 7.60 Å². The van der Waals surface area contributed by atoms with Crippen molar-refractivity contribution in [1.82, 2.24) is 10.2 Å². The van der Waals surface area contributed by atoms with Crippen molar-refractivity contribution in [3.05, 3.63) is 98.1 Å². The SMILES string of the molecule is CC1=C(C(=O)OCCN(C)Cc2ccccc2)C(c2cccc([N+](=O)[O-])c2)C(P2(=O)OC(C)(C)C(C)(C)O2)=C(C)N1. The van der Waals surface area contributed by atoms with E-state index in [-0.39, 0.29) is 23.2 Å². The van der Waals surface area contributed by atoms with Gasteiger partial charge >= 0.3 is 13.6 Å². The lowest BCUT2D eigenvalue weighted by Crippen LogP contribution is -2.41. The molecule has 0 radical (unpaired) electrons. The second kappa shape index (κ2) is 11.5. The average Bonchev–Trinajstić information content (AvgIpc) is 3.05. The molecule has 1 atom stereocenters. The summed E-state index contributed by atoms with van der Waals surface area (Å²) in [5, 5.41) is 15.1. The number of rotatable bonds is 9. The fourth-order valence-corrected chi connectivity index (χ4v) is 7.98. The van der Waals surface area contributed by atoms with Crippen LogP contribution in [0.2, 0.25) is 0 Å². The van der Waals surface area contributed by atoms with Crippen molar-refractivity contribution in [1.29, 1.82) is 0 Å². The number of hydrogen-bond donors (Lipinski definition) is 1. The number of nitro groups is 1. The maximum absolute atomic E-state index is 14.5. The summed E-state index contributed by atoms with van der Waals surface area (Å²) in [5.74, 6) is -1.57. The Bertz CT molecular complexity index is 1430. The van der Waals surface area contributed by atoms with Gasteiger partial charge in [-0.15, -0.1) is 0 Å². The molecule has 1 unspecified atom stereocenters. The molecule has 1 fully saturated rings. The van der Waals surface area contributed by atoms with Gasteiger partial charge in [0.2, 0.25) is 0 Å². The number of nitrogens with zero attached hydrogens (tertiary/aromatic N) is 2. The number of carbonyl (C=O) groups excluding carboxylic acids is 1. The summed E-state index contributed by atoms with van der Waals surface area (Å²) in [6, 6.07) is 15.9. The predicted octanol–water partition coefficient (Wildman–Crippen LogP) is 6.26. The average molecular weight is 584 g/mol. The predicted molar refractivity (Wildman–Crippen MR) is 156 cm³/mol. The van der Waals surface area contributed by atoms with Crippen LogP contribution in [0.3, 0.4) is 0 Å². The van der Waals surface area contributed by atoms with E-state index in [9.17, 15) is 19.5 Å². The molecule has 1 N–H and O–H groups in total. The maximum atomic E-state index is 14.5. The maximum Gasteiger partial charge on any atom is 0.361 e. The van der Waals surface area contributed by atoms with Gasteiger partial charge in [0, 0.05) is 36.6 Å². The van der Waals surface area contributed by atoms with Crippen LogP contribution in [0.4, 0.5) is 5.69 Å². The minimum absolute atomic E-state index is 0.114. The van der Waals surface area contributed by atoms with Crippen LogP contribution < -0.4 is 5.32 Å². The van der Waals surface area contributed by atoms with Crippen LogP contribution in [0.1, 0.15) is 58.6 Å². The molecule has 2 heterocycles. The zero-order valence-electron chi connectivity index (χ0n) is 24.6. The Balaban J connectivity index is 1.67. The molecule has 0 aromatic heterocycles. The molecule has 11 heteroatoms. The number of allylic oxidation sites excluding steroid dienone is 3. The summed E-state index contributed by atoms with van der Waals surface area (Å²) >= 11 is 0. The highest BCUT2D eigenvalue weighted by Gasteiger charge is 2.59. The summed E-state index contributed by atoms with van der Waals surface area (Å²) in [4.78, 5) is 26.9. The zero-order valence-corrected chi connectivity index (χ0v) is 25.5. The van der Waals surface area contributed by atoms with Gasteiger partial charge in [-0.1, -0.05) is 42.5 Å². The van der Waals surface area contributed by atoms with Crippen molar-refractivity contribution in [2.45, 2.75) is 65.2 Å². The molecule has 0 amide bonds. The molecule has 0 bridgehead atoms. The topological polar surface area (TPSA) is 120 Å². The van der Waals surface area contributed by atoms with Crippen LogP contribution in [-0.4, -0.2) is 47.2 Å². The number of dihydropyridines is 1. The van der Waals surface area contributed by atoms with Crippen LogP contribution in [0, 0.1) is 10.1 Å². The van der Waals surface area contributed by atoms with Gasteiger partial charge in [0.05, 0.1) is 21.7 Å². The zero-order chi connectivity index (χ0) is 30.2. The molecule has 2 aromatic rings. The fourth-order valence-electron chi connectivity index (χ4n) is 5.04. The first-order valence-corrected chi connectivity index (χ1v) is 15.0. The first kappa shape index (κ1) is 30.7. The Hall–Kier alpha value is -3.30. The number of benzene rings is 2. The Kier molecular flexibility index (Phi) is 8.62. The first-order valence-electron chi connectivity index (χ1n) is 13.5. The fraction of sp³-hybridized carbons (Fsp3) is 0.433. The molecular formula is C30H38N3O7P. The van der Waals surface area contributed by atoms with E-state index in [0.29, 0.717) is 30.0 Å². The lowest BCUT2D eigenvalue weighted by Gasteiger charge is -2.33. The number of likely N-dealkylation sites (N-methyl/N-ethyl adjacent to an activating group) is 1. The summed E-state index contributed by atoms with van der Waals surface area (Å²) in [6.07, 6.45) is 0. The van der Waals surface area contributed by atoms with Gasteiger partial charge in [-0.05, 0) is 59.7 Å². The Morgan fingerprint density at radius 1 is 1.05 bits per heavy atom. The highest BCUT2D eigenvalue weighted by Crippen LogP contribution is 2.72. The van der Waals surface area contributed by atoms with E-state index in [1.165, 1.54) is 12.1 Å². The largest absolute Gasteiger partial charge is 0.461 e. The van der Waals surface area contributed by atoms with Crippen molar-refractivity contribution in [3.8, 4) is 0 Å². The number of nitrogens with one attached hydrogen (secondary N) is 1. The van der Waals surface area contributed by atoms with Crippen LogP contribution in [0.25, 0.3) is 0 Å². The molecule has 0 aliphatic carbocycles. The van der Waals surface area contributed by atoms with Crippen molar-refractivity contribution >= 4 is 19.3 Å². The molecule has 0 spiro atoms. The van der Waals surface area contributed by atoms with Crippen molar-refractivity contribution in [2.24, 2.45) is 0 Å². The third-order valence-electron chi connectivity index (χ3n) is 7.80. The van der Waals surface area contributed by atoms with Crippen molar-refractivity contribution < 1.29 is 28.1 Å². The van der Waals surface area contributed by atoms with Gasteiger partial charge in [-0.3, -0.25) is 28.6 Å². The van der Waals surface area contributed by atoms with Crippen molar-refractivity contribution in [2.75, 3.05) is 20.2 Å². The van der Waals surface area contributed by atoms with Gasteiger partial charge < -0.3 is 10.1 Å². The summed E-state index contributed by atoms with van der Waals surface area (Å²) < 4.78 is 32.5. The van der Waals surface area contributed by atoms with Gasteiger partial charge in [-0.2, -0.15) is 0 Å². The quantitative estimate of drug-likeness (QED) is 0.158. The van der Waals surface area contributed by atoms with Crippen LogP contribution in [0.15, 0.2) is 76.9 Å². The van der Waals surface area contributed by atoms with Crippen LogP contribution in [-0.2, 0) is 29.7 Å². The number of hydrogen-bond acceptors (Lipinski definition) is 9. The number of carbonyl (C=O) groups is 1. The normalized spacial score (nSPS) is 21.1. The van der Waals surface area contributed by atoms with Gasteiger partial charge in [-0.25, -0.2) is 4.79 Å². The minimum atomic E-state index is -3.99. The molecule has 4 rings (SSSR count). The van der Waals surface area contributed by atoms with Gasteiger partial charge in [0.15, 0.2) is 0 Å². The summed E-state index contributed by atoms with van der Waals surface area (Å²) in [6.45, 7) is 11.9. The van der Waals surface area contributed by atoms with Crippen LogP contribution in [0.5, 0.6) is 0 Å². The number of ether oxygens (including phenoxy) is 1. The Morgan fingerprint density at radius 2 is 1.68 bits per heavy atom.